The van der Waals surface area contributed by atoms with Crippen LogP contribution in [0.3, 0.4) is 0 Å². The van der Waals surface area contributed by atoms with Crippen molar-refractivity contribution in [3.05, 3.63) is 11.6 Å². The number of thiazole rings is 1. The van der Waals surface area contributed by atoms with E-state index in [4.69, 9.17) is 5.84 Å². The number of thioether (sulfide) groups is 1. The first-order valence-corrected chi connectivity index (χ1v) is 9.53. The van der Waals surface area contributed by atoms with E-state index >= 15 is 0 Å². The van der Waals surface area contributed by atoms with E-state index in [0.29, 0.717) is 10.7 Å². The molecule has 0 radical (unpaired) electrons. The third-order valence-electron chi connectivity index (χ3n) is 2.54. The SMILES string of the molecule is CCSCC(C)NS(=O)(=O)c1c(NN)nc2sccn12. The smallest absolute Gasteiger partial charge is 0.260 e. The Morgan fingerprint density at radius 2 is 2.35 bits per heavy atom. The Bertz CT molecular complexity index is 678. The standard InChI is InChI=1S/C10H17N5O2S3/c1-3-18-6-7(2)14-20(16,17)9-8(13-11)12-10-15(9)4-5-19-10/h4-5,7,13-14H,3,6,11H2,1-2H3. The Balaban J connectivity index is 2.33. The van der Waals surface area contributed by atoms with Crippen molar-refractivity contribution in [3.63, 3.8) is 0 Å². The number of hydrogen-bond acceptors (Lipinski definition) is 7. The highest BCUT2D eigenvalue weighted by atomic mass is 32.2. The number of nitrogens with zero attached hydrogens (tertiary/aromatic N) is 2. The van der Waals surface area contributed by atoms with Crippen molar-refractivity contribution in [1.29, 1.82) is 0 Å². The molecule has 20 heavy (non-hydrogen) atoms. The number of fused-ring (bicyclic) bond motifs is 1. The highest BCUT2D eigenvalue weighted by molar-refractivity contribution is 7.99. The van der Waals surface area contributed by atoms with Crippen LogP contribution in [0.25, 0.3) is 4.96 Å². The predicted molar refractivity (Wildman–Crippen MR) is 83.7 cm³/mol. The Hall–Kier alpha value is -0.810. The molecule has 2 aromatic rings. The molecular weight excluding hydrogens is 318 g/mol. The quantitative estimate of drug-likeness (QED) is 0.517. The molecule has 0 saturated carbocycles. The number of imidazole rings is 1. The van der Waals surface area contributed by atoms with Gasteiger partial charge >= 0.3 is 0 Å². The Labute approximate surface area is 126 Å². The van der Waals surface area contributed by atoms with Gasteiger partial charge in [0.05, 0.1) is 0 Å². The van der Waals surface area contributed by atoms with Crippen LogP contribution in [0.1, 0.15) is 13.8 Å². The van der Waals surface area contributed by atoms with Gasteiger partial charge in [-0.05, 0) is 12.7 Å². The fourth-order valence-corrected chi connectivity index (χ4v) is 4.81. The molecule has 7 nitrogen and oxygen atoms in total. The molecule has 0 amide bonds. The van der Waals surface area contributed by atoms with E-state index in [9.17, 15) is 8.42 Å². The van der Waals surface area contributed by atoms with Crippen LogP contribution < -0.4 is 16.0 Å². The van der Waals surface area contributed by atoms with Gasteiger partial charge in [-0.15, -0.1) is 11.3 Å². The number of rotatable bonds is 7. The van der Waals surface area contributed by atoms with Gasteiger partial charge < -0.3 is 5.43 Å². The van der Waals surface area contributed by atoms with Gasteiger partial charge in [-0.2, -0.15) is 16.7 Å². The van der Waals surface area contributed by atoms with Gasteiger partial charge in [-0.25, -0.2) is 19.0 Å². The number of aromatic nitrogens is 2. The summed E-state index contributed by atoms with van der Waals surface area (Å²) in [6, 6.07) is -0.167. The van der Waals surface area contributed by atoms with Gasteiger partial charge in [0.1, 0.15) is 0 Å². The largest absolute Gasteiger partial charge is 0.306 e. The third kappa shape index (κ3) is 3.09. The Kier molecular flexibility index (Phi) is 4.91. The fraction of sp³-hybridized carbons (Fsp3) is 0.500. The molecule has 4 N–H and O–H groups in total. The highest BCUT2D eigenvalue weighted by Crippen LogP contribution is 2.25. The van der Waals surface area contributed by atoms with E-state index in [1.807, 2.05) is 13.8 Å². The van der Waals surface area contributed by atoms with E-state index in [2.05, 4.69) is 15.1 Å². The number of nitrogens with two attached hydrogens (primary N) is 1. The van der Waals surface area contributed by atoms with E-state index < -0.39 is 10.0 Å². The topological polar surface area (TPSA) is 102 Å². The molecule has 0 bridgehead atoms. The van der Waals surface area contributed by atoms with Crippen LogP contribution in [0.4, 0.5) is 5.82 Å². The Morgan fingerprint density at radius 1 is 1.60 bits per heavy atom. The molecule has 0 fully saturated rings. The third-order valence-corrected chi connectivity index (χ3v) is 6.05. The lowest BCUT2D eigenvalue weighted by molar-refractivity contribution is 0.566. The van der Waals surface area contributed by atoms with Crippen LogP contribution in [0.5, 0.6) is 0 Å². The summed E-state index contributed by atoms with van der Waals surface area (Å²) in [5.74, 6) is 7.18. The van der Waals surface area contributed by atoms with Crippen LogP contribution in [0, 0.1) is 0 Å². The monoisotopic (exact) mass is 335 g/mol. The summed E-state index contributed by atoms with van der Waals surface area (Å²) in [5, 5.41) is 1.82. The lowest BCUT2D eigenvalue weighted by Gasteiger charge is -2.13. The van der Waals surface area contributed by atoms with E-state index in [-0.39, 0.29) is 16.9 Å². The molecule has 2 aromatic heterocycles. The number of sulfonamides is 1. The van der Waals surface area contributed by atoms with Crippen molar-refractivity contribution in [2.75, 3.05) is 16.9 Å². The van der Waals surface area contributed by atoms with Crippen LogP contribution in [-0.2, 0) is 10.0 Å². The van der Waals surface area contributed by atoms with Crippen molar-refractivity contribution in [1.82, 2.24) is 14.1 Å². The van der Waals surface area contributed by atoms with Crippen molar-refractivity contribution in [2.45, 2.75) is 24.9 Å². The summed E-state index contributed by atoms with van der Waals surface area (Å²) in [4.78, 5) is 4.73. The summed E-state index contributed by atoms with van der Waals surface area (Å²) in [7, 11) is -3.68. The van der Waals surface area contributed by atoms with Crippen molar-refractivity contribution < 1.29 is 8.42 Å². The van der Waals surface area contributed by atoms with Crippen LogP contribution in [0.15, 0.2) is 16.6 Å². The lowest BCUT2D eigenvalue weighted by Crippen LogP contribution is -2.35. The van der Waals surface area contributed by atoms with E-state index in [0.717, 1.165) is 5.75 Å². The molecule has 2 heterocycles. The van der Waals surface area contributed by atoms with Gasteiger partial charge in [-0.1, -0.05) is 6.92 Å². The number of nitrogens with one attached hydrogen (secondary N) is 2. The fourth-order valence-electron chi connectivity index (χ4n) is 1.77. The predicted octanol–water partition coefficient (Wildman–Crippen LogP) is 1.10. The first-order chi connectivity index (χ1) is 9.49. The van der Waals surface area contributed by atoms with Gasteiger partial charge in [0.2, 0.25) is 5.03 Å². The minimum atomic E-state index is -3.68. The molecule has 1 unspecified atom stereocenters. The lowest BCUT2D eigenvalue weighted by atomic mass is 10.4. The molecule has 0 aliphatic rings. The average Bonchev–Trinajstić information content (AvgIpc) is 2.94. The van der Waals surface area contributed by atoms with Crippen LogP contribution >= 0.6 is 23.1 Å². The highest BCUT2D eigenvalue weighted by Gasteiger charge is 2.27. The zero-order chi connectivity index (χ0) is 14.8. The number of nitrogen functional groups attached to an aromatic ring is 1. The summed E-state index contributed by atoms with van der Waals surface area (Å²) >= 11 is 3.03. The molecule has 2 rings (SSSR count). The summed E-state index contributed by atoms with van der Waals surface area (Å²) in [6.07, 6.45) is 1.66. The number of anilines is 1. The summed E-state index contributed by atoms with van der Waals surface area (Å²) in [5.41, 5.74) is 2.34. The number of hydrazine groups is 1. The number of hydrogen-bond donors (Lipinski definition) is 3. The second kappa shape index (κ2) is 6.31. The molecule has 0 spiro atoms. The van der Waals surface area contributed by atoms with Crippen LogP contribution in [-0.4, -0.2) is 35.4 Å². The maximum Gasteiger partial charge on any atom is 0.260 e. The molecule has 0 aliphatic carbocycles. The summed E-state index contributed by atoms with van der Waals surface area (Å²) in [6.45, 7) is 3.87. The van der Waals surface area contributed by atoms with Crippen molar-refractivity contribution in [2.24, 2.45) is 5.84 Å². The molecule has 0 saturated heterocycles. The molecule has 1 atom stereocenters. The molecule has 0 aromatic carbocycles. The maximum atomic E-state index is 12.5. The molecule has 10 heteroatoms. The zero-order valence-electron chi connectivity index (χ0n) is 11.2. The van der Waals surface area contributed by atoms with Crippen LogP contribution in [0.2, 0.25) is 0 Å². The normalized spacial score (nSPS) is 13.8. The van der Waals surface area contributed by atoms with Crippen molar-refractivity contribution in [3.8, 4) is 0 Å². The first kappa shape index (κ1) is 15.6. The van der Waals surface area contributed by atoms with E-state index in [1.54, 1.807) is 23.3 Å². The molecule has 112 valence electrons. The summed E-state index contributed by atoms with van der Waals surface area (Å²) < 4.78 is 29.1. The Morgan fingerprint density at radius 3 is 3.00 bits per heavy atom. The minimum absolute atomic E-state index is 0.0459. The van der Waals surface area contributed by atoms with E-state index in [1.165, 1.54) is 15.7 Å². The zero-order valence-corrected chi connectivity index (χ0v) is 13.6. The molecule has 0 aliphatic heterocycles. The minimum Gasteiger partial charge on any atom is -0.306 e. The molecular formula is C10H17N5O2S3. The first-order valence-electron chi connectivity index (χ1n) is 6.01. The average molecular weight is 335 g/mol. The van der Waals surface area contributed by atoms with Gasteiger partial charge in [-0.3, -0.25) is 4.40 Å². The van der Waals surface area contributed by atoms with Gasteiger partial charge in [0.15, 0.2) is 10.8 Å². The maximum absolute atomic E-state index is 12.5. The van der Waals surface area contributed by atoms with Crippen molar-refractivity contribution >= 4 is 43.9 Å². The second-order valence-electron chi connectivity index (χ2n) is 4.15. The van der Waals surface area contributed by atoms with Gasteiger partial charge in [0.25, 0.3) is 10.0 Å². The second-order valence-corrected chi connectivity index (χ2v) is 7.97. The van der Waals surface area contributed by atoms with Gasteiger partial charge in [0, 0.05) is 23.4 Å².